The van der Waals surface area contributed by atoms with E-state index in [-0.39, 0.29) is 11.8 Å². The van der Waals surface area contributed by atoms with Gasteiger partial charge in [0.2, 0.25) is 5.91 Å². The van der Waals surface area contributed by atoms with E-state index in [1.54, 1.807) is 57.7 Å². The Morgan fingerprint density at radius 2 is 1.49 bits per heavy atom. The van der Waals surface area contributed by atoms with Crippen LogP contribution in [-0.4, -0.2) is 51.6 Å². The second-order valence-electron chi connectivity index (χ2n) is 7.96. The van der Waals surface area contributed by atoms with Gasteiger partial charge in [-0.25, -0.2) is 0 Å². The number of anilines is 2. The van der Waals surface area contributed by atoms with Crippen LogP contribution in [0.5, 0.6) is 17.2 Å². The maximum absolute atomic E-state index is 12.5. The first-order valence-corrected chi connectivity index (χ1v) is 11.2. The predicted octanol–water partition coefficient (Wildman–Crippen LogP) is 4.43. The maximum Gasteiger partial charge on any atom is 0.255 e. The SMILES string of the molecule is COc1ccccc1NC(=O)c1ccc(NC(=O)CCN(C)Cc2ccc(OC)c(OC)c2)cc1. The lowest BCUT2D eigenvalue weighted by molar-refractivity contribution is -0.116. The molecule has 8 nitrogen and oxygen atoms in total. The van der Waals surface area contributed by atoms with Gasteiger partial charge in [0.05, 0.1) is 27.0 Å². The number of para-hydroxylation sites is 2. The number of hydrogen-bond donors (Lipinski definition) is 2. The fourth-order valence-corrected chi connectivity index (χ4v) is 3.53. The molecule has 0 aliphatic carbocycles. The summed E-state index contributed by atoms with van der Waals surface area (Å²) in [4.78, 5) is 27.0. The maximum atomic E-state index is 12.5. The van der Waals surface area contributed by atoms with E-state index in [4.69, 9.17) is 14.2 Å². The summed E-state index contributed by atoms with van der Waals surface area (Å²) in [5.41, 5.74) is 2.76. The van der Waals surface area contributed by atoms with Gasteiger partial charge in [-0.15, -0.1) is 0 Å². The lowest BCUT2D eigenvalue weighted by atomic mass is 10.1. The summed E-state index contributed by atoms with van der Waals surface area (Å²) >= 11 is 0. The molecule has 3 aromatic carbocycles. The number of carbonyl (C=O) groups is 2. The Morgan fingerprint density at radius 1 is 0.800 bits per heavy atom. The van der Waals surface area contributed by atoms with Crippen LogP contribution in [0.2, 0.25) is 0 Å². The average Bonchev–Trinajstić information content (AvgIpc) is 2.88. The average molecular weight is 478 g/mol. The molecule has 0 spiro atoms. The molecule has 0 saturated heterocycles. The predicted molar refractivity (Wildman–Crippen MR) is 137 cm³/mol. The Hall–Kier alpha value is -4.04. The van der Waals surface area contributed by atoms with E-state index in [0.717, 1.165) is 5.56 Å². The Bertz CT molecular complexity index is 1150. The Labute approximate surface area is 205 Å². The lowest BCUT2D eigenvalue weighted by Crippen LogP contribution is -2.24. The number of carbonyl (C=O) groups excluding carboxylic acids is 2. The Balaban J connectivity index is 1.48. The van der Waals surface area contributed by atoms with Crippen molar-refractivity contribution in [3.05, 3.63) is 77.9 Å². The van der Waals surface area contributed by atoms with E-state index in [1.165, 1.54) is 0 Å². The molecule has 0 aliphatic heterocycles. The van der Waals surface area contributed by atoms with E-state index in [1.807, 2.05) is 37.4 Å². The Kier molecular flexibility index (Phi) is 9.09. The molecule has 0 atom stereocenters. The number of hydrogen-bond acceptors (Lipinski definition) is 6. The first-order chi connectivity index (χ1) is 16.9. The van der Waals surface area contributed by atoms with Crippen LogP contribution in [0.3, 0.4) is 0 Å². The molecule has 0 aromatic heterocycles. The third kappa shape index (κ3) is 7.22. The normalized spacial score (nSPS) is 10.5. The van der Waals surface area contributed by atoms with Crippen molar-refractivity contribution >= 4 is 23.2 Å². The van der Waals surface area contributed by atoms with Crippen LogP contribution in [0.1, 0.15) is 22.3 Å². The molecular formula is C27H31N3O5. The number of nitrogens with zero attached hydrogens (tertiary/aromatic N) is 1. The molecule has 184 valence electrons. The van der Waals surface area contributed by atoms with Crippen LogP contribution in [0.4, 0.5) is 11.4 Å². The summed E-state index contributed by atoms with van der Waals surface area (Å²) in [6.07, 6.45) is 0.333. The number of ether oxygens (including phenoxy) is 3. The second-order valence-corrected chi connectivity index (χ2v) is 7.96. The van der Waals surface area contributed by atoms with Crippen LogP contribution in [0.15, 0.2) is 66.7 Å². The minimum atomic E-state index is -0.260. The Morgan fingerprint density at radius 3 is 2.17 bits per heavy atom. The van der Waals surface area contributed by atoms with Gasteiger partial charge in [-0.05, 0) is 61.1 Å². The highest BCUT2D eigenvalue weighted by molar-refractivity contribution is 6.05. The molecule has 0 bridgehead atoms. The van der Waals surface area contributed by atoms with E-state index in [9.17, 15) is 9.59 Å². The van der Waals surface area contributed by atoms with Crippen LogP contribution < -0.4 is 24.8 Å². The topological polar surface area (TPSA) is 89.1 Å². The van der Waals surface area contributed by atoms with Gasteiger partial charge in [-0.2, -0.15) is 0 Å². The number of rotatable bonds is 11. The van der Waals surface area contributed by atoms with Gasteiger partial charge >= 0.3 is 0 Å². The molecule has 35 heavy (non-hydrogen) atoms. The highest BCUT2D eigenvalue weighted by Crippen LogP contribution is 2.28. The summed E-state index contributed by atoms with van der Waals surface area (Å²) in [6, 6.07) is 19.7. The van der Waals surface area contributed by atoms with E-state index in [0.29, 0.717) is 53.7 Å². The van der Waals surface area contributed by atoms with Gasteiger partial charge in [0.1, 0.15) is 5.75 Å². The van der Waals surface area contributed by atoms with Gasteiger partial charge in [-0.3, -0.25) is 9.59 Å². The van der Waals surface area contributed by atoms with Crippen molar-refractivity contribution in [3.8, 4) is 17.2 Å². The van der Waals surface area contributed by atoms with Crippen LogP contribution in [-0.2, 0) is 11.3 Å². The molecule has 3 aromatic rings. The highest BCUT2D eigenvalue weighted by atomic mass is 16.5. The number of methoxy groups -OCH3 is 3. The molecule has 0 unspecified atom stereocenters. The monoisotopic (exact) mass is 477 g/mol. The summed E-state index contributed by atoms with van der Waals surface area (Å²) in [6.45, 7) is 1.25. The van der Waals surface area contributed by atoms with Gasteiger partial charge in [-0.1, -0.05) is 18.2 Å². The van der Waals surface area contributed by atoms with Crippen molar-refractivity contribution in [1.29, 1.82) is 0 Å². The van der Waals surface area contributed by atoms with Crippen molar-refractivity contribution in [3.63, 3.8) is 0 Å². The number of amides is 2. The third-order valence-electron chi connectivity index (χ3n) is 5.41. The first-order valence-electron chi connectivity index (χ1n) is 11.2. The fraction of sp³-hybridized carbons (Fsp3) is 0.259. The molecule has 0 aliphatic rings. The third-order valence-corrected chi connectivity index (χ3v) is 5.41. The lowest BCUT2D eigenvalue weighted by Gasteiger charge is -2.17. The van der Waals surface area contributed by atoms with Gasteiger partial charge in [0.25, 0.3) is 5.91 Å². The molecule has 3 rings (SSSR count). The fourth-order valence-electron chi connectivity index (χ4n) is 3.53. The summed E-state index contributed by atoms with van der Waals surface area (Å²) in [5, 5.41) is 5.71. The van der Waals surface area contributed by atoms with Gasteiger partial charge in [0, 0.05) is 30.8 Å². The first kappa shape index (κ1) is 25.6. The quantitative estimate of drug-likeness (QED) is 0.425. The minimum absolute atomic E-state index is 0.101. The van der Waals surface area contributed by atoms with E-state index in [2.05, 4.69) is 15.5 Å². The molecule has 2 amide bonds. The van der Waals surface area contributed by atoms with Crippen LogP contribution in [0, 0.1) is 0 Å². The zero-order valence-electron chi connectivity index (χ0n) is 20.5. The smallest absolute Gasteiger partial charge is 0.255 e. The number of benzene rings is 3. The molecule has 0 fully saturated rings. The second kappa shape index (κ2) is 12.4. The number of nitrogens with one attached hydrogen (secondary N) is 2. The molecular weight excluding hydrogens is 446 g/mol. The van der Waals surface area contributed by atoms with Crippen LogP contribution in [0.25, 0.3) is 0 Å². The largest absolute Gasteiger partial charge is 0.495 e. The molecule has 0 saturated carbocycles. The van der Waals surface area contributed by atoms with Crippen molar-refractivity contribution in [2.24, 2.45) is 0 Å². The van der Waals surface area contributed by atoms with E-state index >= 15 is 0 Å². The van der Waals surface area contributed by atoms with Crippen molar-refractivity contribution in [2.45, 2.75) is 13.0 Å². The summed E-state index contributed by atoms with van der Waals surface area (Å²) < 4.78 is 15.9. The van der Waals surface area contributed by atoms with Crippen molar-refractivity contribution < 1.29 is 23.8 Å². The van der Waals surface area contributed by atoms with Gasteiger partial charge < -0.3 is 29.7 Å². The van der Waals surface area contributed by atoms with Crippen molar-refractivity contribution in [2.75, 3.05) is 45.6 Å². The molecule has 0 radical (unpaired) electrons. The zero-order chi connectivity index (χ0) is 25.2. The minimum Gasteiger partial charge on any atom is -0.495 e. The highest BCUT2D eigenvalue weighted by Gasteiger charge is 2.11. The van der Waals surface area contributed by atoms with Crippen LogP contribution >= 0.6 is 0 Å². The van der Waals surface area contributed by atoms with E-state index < -0.39 is 0 Å². The molecule has 2 N–H and O–H groups in total. The van der Waals surface area contributed by atoms with Crippen molar-refractivity contribution in [1.82, 2.24) is 4.90 Å². The standard InChI is InChI=1S/C27H31N3O5/c1-30(18-19-9-14-24(34-3)25(17-19)35-4)16-15-26(31)28-21-12-10-20(11-13-21)27(32)29-22-7-5-6-8-23(22)33-2/h5-14,17H,15-16,18H2,1-4H3,(H,28,31)(H,29,32). The summed E-state index contributed by atoms with van der Waals surface area (Å²) in [7, 11) is 6.72. The van der Waals surface area contributed by atoms with Gasteiger partial charge in [0.15, 0.2) is 11.5 Å². The summed E-state index contributed by atoms with van der Waals surface area (Å²) in [5.74, 6) is 1.58. The zero-order valence-corrected chi connectivity index (χ0v) is 20.5. The molecule has 8 heteroatoms. The molecule has 0 heterocycles.